The number of halogens is 1. The minimum Gasteiger partial charge on any atom is -0.430 e. The third-order valence-corrected chi connectivity index (χ3v) is 2.88. The van der Waals surface area contributed by atoms with Crippen molar-refractivity contribution in [2.75, 3.05) is 0 Å². The van der Waals surface area contributed by atoms with Crippen LogP contribution in [0.5, 0.6) is 0 Å². The zero-order chi connectivity index (χ0) is 12.5. The van der Waals surface area contributed by atoms with Crippen LogP contribution in [0.25, 0.3) is 21.9 Å². The molecule has 18 heavy (non-hydrogen) atoms. The summed E-state index contributed by atoms with van der Waals surface area (Å²) in [4.78, 5) is 11.6. The summed E-state index contributed by atoms with van der Waals surface area (Å²) in [6.45, 7) is 0. The smallest absolute Gasteiger partial charge is 0.343 e. The van der Waals surface area contributed by atoms with E-state index in [9.17, 15) is 9.18 Å². The van der Waals surface area contributed by atoms with Gasteiger partial charge in [0.15, 0.2) is 0 Å². The first-order chi connectivity index (χ1) is 8.75. The molecule has 0 spiro atoms. The van der Waals surface area contributed by atoms with Gasteiger partial charge in [-0.3, -0.25) is 0 Å². The van der Waals surface area contributed by atoms with Gasteiger partial charge >= 0.3 is 5.63 Å². The molecule has 3 heteroatoms. The second-order valence-corrected chi connectivity index (χ2v) is 3.99. The highest BCUT2D eigenvalue weighted by molar-refractivity contribution is 5.95. The molecule has 88 valence electrons. The van der Waals surface area contributed by atoms with Crippen LogP contribution in [0.2, 0.25) is 0 Å². The molecule has 0 fully saturated rings. The van der Waals surface area contributed by atoms with Gasteiger partial charge in [-0.2, -0.15) is 0 Å². The van der Waals surface area contributed by atoms with Gasteiger partial charge < -0.3 is 4.42 Å². The van der Waals surface area contributed by atoms with Gasteiger partial charge in [-0.25, -0.2) is 9.18 Å². The normalized spacial score (nSPS) is 10.7. The fourth-order valence-electron chi connectivity index (χ4n) is 1.99. The molecule has 0 atom stereocenters. The molecule has 0 unspecified atom stereocenters. The van der Waals surface area contributed by atoms with E-state index >= 15 is 0 Å². The summed E-state index contributed by atoms with van der Waals surface area (Å²) < 4.78 is 17.9. The fourth-order valence-corrected chi connectivity index (χ4v) is 1.99. The Morgan fingerprint density at radius 2 is 1.56 bits per heavy atom. The van der Waals surface area contributed by atoms with E-state index in [2.05, 4.69) is 0 Å². The van der Waals surface area contributed by atoms with Crippen molar-refractivity contribution in [3.63, 3.8) is 0 Å². The summed E-state index contributed by atoms with van der Waals surface area (Å²) in [7, 11) is 0. The Kier molecular flexibility index (Phi) is 2.45. The van der Waals surface area contributed by atoms with Gasteiger partial charge in [0.25, 0.3) is 0 Å². The average molecular weight is 240 g/mol. The monoisotopic (exact) mass is 240 g/mol. The van der Waals surface area contributed by atoms with Gasteiger partial charge in [0.05, 0.1) is 5.39 Å². The molecule has 0 aliphatic carbocycles. The number of benzene rings is 2. The lowest BCUT2D eigenvalue weighted by Crippen LogP contribution is -1.99. The van der Waals surface area contributed by atoms with Crippen molar-refractivity contribution in [1.29, 1.82) is 0 Å². The molecule has 0 N–H and O–H groups in total. The van der Waals surface area contributed by atoms with Crippen LogP contribution in [-0.2, 0) is 0 Å². The summed E-state index contributed by atoms with van der Waals surface area (Å²) in [6, 6.07) is 13.3. The summed E-state index contributed by atoms with van der Waals surface area (Å²) in [5.74, 6) is -0.291. The van der Waals surface area contributed by atoms with Gasteiger partial charge in [-0.1, -0.05) is 30.3 Å². The van der Waals surface area contributed by atoms with Crippen molar-refractivity contribution >= 4 is 10.8 Å². The first kappa shape index (κ1) is 10.7. The quantitative estimate of drug-likeness (QED) is 0.650. The maximum Gasteiger partial charge on any atom is 0.343 e. The van der Waals surface area contributed by atoms with Crippen LogP contribution in [0.4, 0.5) is 4.39 Å². The first-order valence-corrected chi connectivity index (χ1v) is 5.52. The minimum absolute atomic E-state index is 0.291. The lowest BCUT2D eigenvalue weighted by atomic mass is 10.0. The molecular formula is C15H9FO2. The lowest BCUT2D eigenvalue weighted by molar-refractivity contribution is 0.521. The Bertz CT molecular complexity index is 757. The van der Waals surface area contributed by atoms with Crippen molar-refractivity contribution in [3.05, 3.63) is 71.0 Å². The lowest BCUT2D eigenvalue weighted by Gasteiger charge is -2.04. The van der Waals surface area contributed by atoms with Crippen molar-refractivity contribution in [2.24, 2.45) is 0 Å². The fraction of sp³-hybridized carbons (Fsp3) is 0. The Labute approximate surface area is 102 Å². The molecule has 2 aromatic carbocycles. The molecule has 2 nitrogen and oxygen atoms in total. The molecule has 3 aromatic rings. The number of hydrogen-bond acceptors (Lipinski definition) is 2. The number of hydrogen-bond donors (Lipinski definition) is 0. The SMILES string of the molecule is O=c1occ(-c2ccc(F)cc2)c2ccccc12. The number of fused-ring (bicyclic) bond motifs is 1. The van der Waals surface area contributed by atoms with E-state index < -0.39 is 0 Å². The second kappa shape index (κ2) is 4.11. The standard InChI is InChI=1S/C15H9FO2/c16-11-7-5-10(6-8-11)14-9-18-15(17)13-4-2-1-3-12(13)14/h1-9H. The molecule has 0 aliphatic rings. The van der Waals surface area contributed by atoms with Crippen LogP contribution in [0, 0.1) is 5.82 Å². The Morgan fingerprint density at radius 1 is 0.889 bits per heavy atom. The van der Waals surface area contributed by atoms with Crippen LogP contribution in [0.1, 0.15) is 0 Å². The van der Waals surface area contributed by atoms with Crippen LogP contribution in [0.15, 0.2) is 64.0 Å². The number of rotatable bonds is 1. The predicted octanol–water partition coefficient (Wildman–Crippen LogP) is 3.60. The Balaban J connectivity index is 2.33. The molecule has 1 heterocycles. The van der Waals surface area contributed by atoms with Gasteiger partial charge in [0.2, 0.25) is 0 Å². The van der Waals surface area contributed by atoms with Gasteiger partial charge in [-0.05, 0) is 29.1 Å². The Hall–Kier alpha value is -2.42. The highest BCUT2D eigenvalue weighted by Crippen LogP contribution is 2.26. The average Bonchev–Trinajstić information content (AvgIpc) is 2.41. The zero-order valence-electron chi connectivity index (χ0n) is 9.39. The Morgan fingerprint density at radius 3 is 2.28 bits per heavy atom. The van der Waals surface area contributed by atoms with E-state index in [1.807, 2.05) is 12.1 Å². The van der Waals surface area contributed by atoms with E-state index in [1.54, 1.807) is 24.3 Å². The van der Waals surface area contributed by atoms with E-state index in [4.69, 9.17) is 4.42 Å². The maximum absolute atomic E-state index is 12.9. The van der Waals surface area contributed by atoms with Crippen molar-refractivity contribution in [1.82, 2.24) is 0 Å². The van der Waals surface area contributed by atoms with Crippen LogP contribution in [-0.4, -0.2) is 0 Å². The predicted molar refractivity (Wildman–Crippen MR) is 67.9 cm³/mol. The van der Waals surface area contributed by atoms with Crippen molar-refractivity contribution in [2.45, 2.75) is 0 Å². The molecule has 0 bridgehead atoms. The van der Waals surface area contributed by atoms with Crippen molar-refractivity contribution < 1.29 is 8.81 Å². The third-order valence-electron chi connectivity index (χ3n) is 2.88. The van der Waals surface area contributed by atoms with Crippen molar-refractivity contribution in [3.8, 4) is 11.1 Å². The van der Waals surface area contributed by atoms with Crippen LogP contribution < -0.4 is 5.63 Å². The topological polar surface area (TPSA) is 30.2 Å². The summed E-state index contributed by atoms with van der Waals surface area (Å²) in [5, 5.41) is 1.33. The minimum atomic E-state index is -0.364. The van der Waals surface area contributed by atoms with Gasteiger partial charge in [0.1, 0.15) is 12.1 Å². The summed E-state index contributed by atoms with van der Waals surface area (Å²) >= 11 is 0. The molecular weight excluding hydrogens is 231 g/mol. The van der Waals surface area contributed by atoms with Gasteiger partial charge in [-0.15, -0.1) is 0 Å². The van der Waals surface area contributed by atoms with Crippen LogP contribution >= 0.6 is 0 Å². The third kappa shape index (κ3) is 1.70. The van der Waals surface area contributed by atoms with E-state index in [-0.39, 0.29) is 11.4 Å². The largest absolute Gasteiger partial charge is 0.430 e. The van der Waals surface area contributed by atoms with Gasteiger partial charge in [0, 0.05) is 5.56 Å². The molecule has 1 aromatic heterocycles. The molecule has 0 amide bonds. The first-order valence-electron chi connectivity index (χ1n) is 5.52. The van der Waals surface area contributed by atoms with E-state index in [1.165, 1.54) is 18.4 Å². The summed E-state index contributed by atoms with van der Waals surface area (Å²) in [5.41, 5.74) is 1.23. The zero-order valence-corrected chi connectivity index (χ0v) is 9.39. The highest BCUT2D eigenvalue weighted by atomic mass is 19.1. The molecule has 0 radical (unpaired) electrons. The maximum atomic E-state index is 12.9. The molecule has 3 rings (SSSR count). The molecule has 0 saturated carbocycles. The van der Waals surface area contributed by atoms with E-state index in [0.29, 0.717) is 5.39 Å². The summed E-state index contributed by atoms with van der Waals surface area (Å²) in [6.07, 6.45) is 1.41. The van der Waals surface area contributed by atoms with E-state index in [0.717, 1.165) is 16.5 Å². The van der Waals surface area contributed by atoms with Crippen LogP contribution in [0.3, 0.4) is 0 Å². The molecule has 0 aliphatic heterocycles. The second-order valence-electron chi connectivity index (χ2n) is 3.99. The molecule has 0 saturated heterocycles. The highest BCUT2D eigenvalue weighted by Gasteiger charge is 2.07.